The molecule has 7 nitrogen and oxygen atoms in total. The van der Waals surface area contributed by atoms with Crippen LogP contribution in [0, 0.1) is 0 Å². The molecule has 1 heterocycles. The predicted molar refractivity (Wildman–Crippen MR) is 112 cm³/mol. The number of aromatic nitrogens is 3. The summed E-state index contributed by atoms with van der Waals surface area (Å²) in [7, 11) is 0. The van der Waals surface area contributed by atoms with Gasteiger partial charge in [-0.3, -0.25) is 14.6 Å². The molecule has 0 atom stereocenters. The van der Waals surface area contributed by atoms with E-state index < -0.39 is 5.56 Å². The Morgan fingerprint density at radius 1 is 1.14 bits per heavy atom. The molecule has 0 bridgehead atoms. The molecular formula is C20H21N5O2S. The summed E-state index contributed by atoms with van der Waals surface area (Å²) in [6, 6.07) is 14.7. The van der Waals surface area contributed by atoms with E-state index in [1.807, 2.05) is 24.3 Å². The molecule has 0 saturated heterocycles. The zero-order valence-electron chi connectivity index (χ0n) is 15.6. The number of hydrogen-bond donors (Lipinski definition) is 3. The van der Waals surface area contributed by atoms with Gasteiger partial charge in [0, 0.05) is 16.9 Å². The number of nitrogen functional groups attached to an aromatic ring is 1. The smallest absolute Gasteiger partial charge is 0.278 e. The van der Waals surface area contributed by atoms with E-state index in [0.29, 0.717) is 17.2 Å². The number of nitrogens with two attached hydrogens (primary N) is 1. The first-order valence-electron chi connectivity index (χ1n) is 8.78. The second kappa shape index (κ2) is 8.71. The van der Waals surface area contributed by atoms with Crippen LogP contribution in [0.1, 0.15) is 25.3 Å². The normalized spacial score (nSPS) is 10.8. The van der Waals surface area contributed by atoms with Crippen molar-refractivity contribution < 1.29 is 4.79 Å². The van der Waals surface area contributed by atoms with Gasteiger partial charge in [0.25, 0.3) is 5.56 Å². The van der Waals surface area contributed by atoms with Crippen molar-refractivity contribution >= 4 is 29.0 Å². The molecule has 3 aromatic rings. The van der Waals surface area contributed by atoms with Crippen molar-refractivity contribution in [3.8, 4) is 11.3 Å². The summed E-state index contributed by atoms with van der Waals surface area (Å²) in [5.41, 5.74) is 8.53. The molecule has 0 fully saturated rings. The molecule has 0 aliphatic heterocycles. The van der Waals surface area contributed by atoms with Crippen molar-refractivity contribution in [1.29, 1.82) is 0 Å². The monoisotopic (exact) mass is 395 g/mol. The maximum atomic E-state index is 12.3. The molecule has 0 aliphatic rings. The average molecular weight is 395 g/mol. The lowest BCUT2D eigenvalue weighted by Crippen LogP contribution is -2.17. The molecule has 1 amide bonds. The lowest BCUT2D eigenvalue weighted by molar-refractivity contribution is -0.113. The Hall–Kier alpha value is -3.13. The van der Waals surface area contributed by atoms with Crippen molar-refractivity contribution in [2.24, 2.45) is 0 Å². The number of aromatic amines is 1. The molecule has 1 aromatic heterocycles. The van der Waals surface area contributed by atoms with Gasteiger partial charge in [0.2, 0.25) is 5.91 Å². The van der Waals surface area contributed by atoms with Crippen LogP contribution in [0.15, 0.2) is 58.5 Å². The van der Waals surface area contributed by atoms with E-state index in [1.165, 1.54) is 5.56 Å². The Balaban J connectivity index is 1.61. The van der Waals surface area contributed by atoms with Gasteiger partial charge in [-0.25, -0.2) is 0 Å². The molecule has 0 radical (unpaired) electrons. The maximum absolute atomic E-state index is 12.3. The zero-order valence-corrected chi connectivity index (χ0v) is 16.4. The summed E-state index contributed by atoms with van der Waals surface area (Å²) in [4.78, 5) is 27.1. The number of nitrogens with zero attached hydrogens (tertiary/aromatic N) is 2. The molecule has 28 heavy (non-hydrogen) atoms. The van der Waals surface area contributed by atoms with Crippen LogP contribution in [0.2, 0.25) is 0 Å². The number of H-pyrrole nitrogens is 1. The summed E-state index contributed by atoms with van der Waals surface area (Å²) in [6.07, 6.45) is 0. The second-order valence-corrected chi connectivity index (χ2v) is 7.47. The molecule has 0 unspecified atom stereocenters. The molecular weight excluding hydrogens is 374 g/mol. The number of carbonyl (C=O) groups is 1. The van der Waals surface area contributed by atoms with Gasteiger partial charge in [-0.05, 0) is 29.7 Å². The number of para-hydroxylation sites is 1. The van der Waals surface area contributed by atoms with Crippen LogP contribution in [0.4, 0.5) is 11.4 Å². The Morgan fingerprint density at radius 2 is 1.86 bits per heavy atom. The third-order valence-electron chi connectivity index (χ3n) is 4.09. The first-order chi connectivity index (χ1) is 13.4. The van der Waals surface area contributed by atoms with Crippen LogP contribution in [0.5, 0.6) is 0 Å². The maximum Gasteiger partial charge on any atom is 0.278 e. The lowest BCUT2D eigenvalue weighted by atomic mass is 10.0. The number of rotatable bonds is 6. The highest BCUT2D eigenvalue weighted by Gasteiger charge is 2.12. The number of carbonyl (C=O) groups excluding carboxylic acids is 1. The van der Waals surface area contributed by atoms with Gasteiger partial charge < -0.3 is 11.1 Å². The van der Waals surface area contributed by atoms with Crippen LogP contribution in [0.3, 0.4) is 0 Å². The minimum Gasteiger partial charge on any atom is -0.398 e. The molecule has 8 heteroatoms. The Bertz CT molecular complexity index is 1030. The van der Waals surface area contributed by atoms with Gasteiger partial charge in [-0.15, -0.1) is 10.2 Å². The van der Waals surface area contributed by atoms with Gasteiger partial charge in [0.05, 0.1) is 5.75 Å². The van der Waals surface area contributed by atoms with Crippen LogP contribution in [-0.2, 0) is 4.79 Å². The molecule has 0 saturated carbocycles. The molecule has 2 aromatic carbocycles. The highest BCUT2D eigenvalue weighted by atomic mass is 32.2. The highest BCUT2D eigenvalue weighted by Crippen LogP contribution is 2.21. The first-order valence-corrected chi connectivity index (χ1v) is 9.77. The molecule has 0 aliphatic carbocycles. The van der Waals surface area contributed by atoms with E-state index in [1.54, 1.807) is 24.3 Å². The molecule has 4 N–H and O–H groups in total. The summed E-state index contributed by atoms with van der Waals surface area (Å²) in [5.74, 6) is 0.342. The summed E-state index contributed by atoms with van der Waals surface area (Å²) in [5, 5.41) is 11.1. The fourth-order valence-corrected chi connectivity index (χ4v) is 3.16. The quantitative estimate of drug-likeness (QED) is 0.436. The highest BCUT2D eigenvalue weighted by molar-refractivity contribution is 7.99. The number of benzene rings is 2. The van der Waals surface area contributed by atoms with Gasteiger partial charge in [0.1, 0.15) is 0 Å². The predicted octanol–water partition coefficient (Wildman–Crippen LogP) is 3.27. The largest absolute Gasteiger partial charge is 0.398 e. The molecule has 3 rings (SSSR count). The Morgan fingerprint density at radius 3 is 2.50 bits per heavy atom. The summed E-state index contributed by atoms with van der Waals surface area (Å²) < 4.78 is 0. The fourth-order valence-electron chi connectivity index (χ4n) is 2.56. The van der Waals surface area contributed by atoms with Gasteiger partial charge in [-0.2, -0.15) is 0 Å². The molecule has 0 spiro atoms. The minimum atomic E-state index is -0.403. The van der Waals surface area contributed by atoms with Crippen molar-refractivity contribution in [3.63, 3.8) is 0 Å². The SMILES string of the molecule is CC(C)c1ccc(NC(=O)CSc2nnc(-c3ccccc3N)c(=O)[nH]2)cc1. The first kappa shape index (κ1) is 19.6. The van der Waals surface area contributed by atoms with Gasteiger partial charge >= 0.3 is 0 Å². The topological polar surface area (TPSA) is 114 Å². The standard InChI is InChI=1S/C20H21N5O2S/c1-12(2)13-7-9-14(10-8-13)22-17(26)11-28-20-23-19(27)18(24-25-20)15-5-3-4-6-16(15)21/h3-10,12H,11,21H2,1-2H3,(H,22,26)(H,23,25,27). The zero-order chi connectivity index (χ0) is 20.1. The molecule has 144 valence electrons. The average Bonchev–Trinajstić information content (AvgIpc) is 2.68. The van der Waals surface area contributed by atoms with Crippen molar-refractivity contribution in [2.75, 3.05) is 16.8 Å². The number of thioether (sulfide) groups is 1. The summed E-state index contributed by atoms with van der Waals surface area (Å²) in [6.45, 7) is 4.23. The van der Waals surface area contributed by atoms with Crippen LogP contribution < -0.4 is 16.6 Å². The van der Waals surface area contributed by atoms with E-state index in [-0.39, 0.29) is 22.5 Å². The Kier molecular flexibility index (Phi) is 6.10. The van der Waals surface area contributed by atoms with Crippen LogP contribution in [0.25, 0.3) is 11.3 Å². The number of nitrogens with one attached hydrogen (secondary N) is 2. The summed E-state index contributed by atoms with van der Waals surface area (Å²) >= 11 is 1.11. The van der Waals surface area contributed by atoms with E-state index in [4.69, 9.17) is 5.73 Å². The lowest BCUT2D eigenvalue weighted by Gasteiger charge is -2.08. The number of anilines is 2. The van der Waals surface area contributed by atoms with Gasteiger partial charge in [0.15, 0.2) is 10.9 Å². The van der Waals surface area contributed by atoms with E-state index in [0.717, 1.165) is 17.4 Å². The second-order valence-electron chi connectivity index (χ2n) is 6.51. The fraction of sp³-hybridized carbons (Fsp3) is 0.200. The third-order valence-corrected chi connectivity index (χ3v) is 4.96. The van der Waals surface area contributed by atoms with E-state index >= 15 is 0 Å². The van der Waals surface area contributed by atoms with Crippen molar-refractivity contribution in [3.05, 3.63) is 64.4 Å². The minimum absolute atomic E-state index is 0.101. The van der Waals surface area contributed by atoms with E-state index in [9.17, 15) is 9.59 Å². The van der Waals surface area contributed by atoms with E-state index in [2.05, 4.69) is 34.3 Å². The van der Waals surface area contributed by atoms with Crippen molar-refractivity contribution in [2.45, 2.75) is 24.9 Å². The van der Waals surface area contributed by atoms with Gasteiger partial charge in [-0.1, -0.05) is 55.9 Å². The Labute approximate surface area is 166 Å². The van der Waals surface area contributed by atoms with Crippen LogP contribution >= 0.6 is 11.8 Å². The number of amides is 1. The third kappa shape index (κ3) is 4.77. The van der Waals surface area contributed by atoms with Crippen LogP contribution in [-0.4, -0.2) is 26.8 Å². The number of hydrogen-bond acceptors (Lipinski definition) is 6. The van der Waals surface area contributed by atoms with Crippen molar-refractivity contribution in [1.82, 2.24) is 15.2 Å².